The molecule has 1 amide bonds. The van der Waals surface area contributed by atoms with Gasteiger partial charge in [-0.25, -0.2) is 8.91 Å². The summed E-state index contributed by atoms with van der Waals surface area (Å²) in [5.41, 5.74) is 0.0270. The van der Waals surface area contributed by atoms with E-state index in [1.807, 2.05) is 0 Å². The van der Waals surface area contributed by atoms with Crippen LogP contribution in [0.4, 0.5) is 4.39 Å². The molecule has 1 fully saturated rings. The Bertz CT molecular complexity index is 1100. The normalized spacial score (nSPS) is 22.3. The van der Waals surface area contributed by atoms with Crippen molar-refractivity contribution >= 4 is 11.4 Å². The lowest BCUT2D eigenvalue weighted by molar-refractivity contribution is -0.00827. The third-order valence-electron chi connectivity index (χ3n) is 5.47. The highest BCUT2D eigenvalue weighted by molar-refractivity contribution is 6.01. The molecule has 3 N–H and O–H groups in total. The second kappa shape index (κ2) is 6.87. The van der Waals surface area contributed by atoms with Crippen LogP contribution in [0.3, 0.4) is 0 Å². The molecule has 3 aromatic rings. The number of aromatic amines is 1. The zero-order valence-electron chi connectivity index (χ0n) is 15.4. The first-order valence-electron chi connectivity index (χ1n) is 9.23. The SMILES string of the molecule is Cc1nn2cc[nH]c(=O)c2c1C(=O)NC1CCC(O)(c2cccc(F)c2)CC1. The number of fused-ring (bicyclic) bond motifs is 1. The molecule has 1 aliphatic carbocycles. The molecule has 1 aliphatic rings. The Labute approximate surface area is 160 Å². The molecular formula is C20H21FN4O3. The molecule has 2 aromatic heterocycles. The fourth-order valence-electron chi connectivity index (χ4n) is 3.96. The summed E-state index contributed by atoms with van der Waals surface area (Å²) in [7, 11) is 0. The van der Waals surface area contributed by atoms with Gasteiger partial charge in [0, 0.05) is 18.4 Å². The van der Waals surface area contributed by atoms with Gasteiger partial charge in [0.15, 0.2) is 0 Å². The minimum Gasteiger partial charge on any atom is -0.385 e. The second-order valence-corrected chi connectivity index (χ2v) is 7.33. The van der Waals surface area contributed by atoms with Crippen molar-refractivity contribution in [2.45, 2.75) is 44.2 Å². The summed E-state index contributed by atoms with van der Waals surface area (Å²) >= 11 is 0. The van der Waals surface area contributed by atoms with Crippen molar-refractivity contribution in [3.8, 4) is 0 Å². The van der Waals surface area contributed by atoms with Crippen LogP contribution < -0.4 is 10.9 Å². The summed E-state index contributed by atoms with van der Waals surface area (Å²) in [6.45, 7) is 1.69. The molecule has 0 spiro atoms. The predicted octanol–water partition coefficient (Wildman–Crippen LogP) is 2.03. The molecule has 7 nitrogen and oxygen atoms in total. The van der Waals surface area contributed by atoms with Crippen LogP contribution in [0.2, 0.25) is 0 Å². The minimum absolute atomic E-state index is 0.140. The molecular weight excluding hydrogens is 363 g/mol. The molecule has 0 bridgehead atoms. The van der Waals surface area contributed by atoms with Crippen LogP contribution in [-0.2, 0) is 5.60 Å². The van der Waals surface area contributed by atoms with E-state index < -0.39 is 5.60 Å². The number of aliphatic hydroxyl groups is 1. The average molecular weight is 384 g/mol. The first-order valence-corrected chi connectivity index (χ1v) is 9.23. The van der Waals surface area contributed by atoms with Crippen LogP contribution in [0.25, 0.3) is 5.52 Å². The van der Waals surface area contributed by atoms with E-state index in [-0.39, 0.29) is 34.4 Å². The minimum atomic E-state index is -1.10. The van der Waals surface area contributed by atoms with Gasteiger partial charge in [-0.3, -0.25) is 9.59 Å². The number of H-pyrrole nitrogens is 1. The van der Waals surface area contributed by atoms with E-state index in [1.54, 1.807) is 25.3 Å². The van der Waals surface area contributed by atoms with Gasteiger partial charge in [0.1, 0.15) is 11.3 Å². The van der Waals surface area contributed by atoms with E-state index in [4.69, 9.17) is 0 Å². The Balaban J connectivity index is 1.49. The molecule has 2 heterocycles. The summed E-state index contributed by atoms with van der Waals surface area (Å²) in [6.07, 6.45) is 4.98. The first kappa shape index (κ1) is 18.4. The summed E-state index contributed by atoms with van der Waals surface area (Å²) in [4.78, 5) is 27.5. The average Bonchev–Trinajstić information content (AvgIpc) is 3.01. The topological polar surface area (TPSA) is 99.5 Å². The largest absolute Gasteiger partial charge is 0.385 e. The molecule has 8 heteroatoms. The van der Waals surface area contributed by atoms with Crippen LogP contribution in [0.5, 0.6) is 0 Å². The summed E-state index contributed by atoms with van der Waals surface area (Å²) < 4.78 is 14.9. The van der Waals surface area contributed by atoms with E-state index in [2.05, 4.69) is 15.4 Å². The van der Waals surface area contributed by atoms with Gasteiger partial charge in [0.2, 0.25) is 0 Å². The monoisotopic (exact) mass is 384 g/mol. The maximum absolute atomic E-state index is 13.5. The third kappa shape index (κ3) is 3.20. The highest BCUT2D eigenvalue weighted by Crippen LogP contribution is 2.37. The van der Waals surface area contributed by atoms with Crippen molar-refractivity contribution < 1.29 is 14.3 Å². The number of nitrogens with one attached hydrogen (secondary N) is 2. The van der Waals surface area contributed by atoms with Crippen LogP contribution >= 0.6 is 0 Å². The lowest BCUT2D eigenvalue weighted by Gasteiger charge is -2.36. The molecule has 0 radical (unpaired) electrons. The summed E-state index contributed by atoms with van der Waals surface area (Å²) in [6, 6.07) is 5.86. The Hall–Kier alpha value is -3.00. The molecule has 0 atom stereocenters. The van der Waals surface area contributed by atoms with Gasteiger partial charge < -0.3 is 15.4 Å². The van der Waals surface area contributed by atoms with Crippen molar-refractivity contribution in [2.75, 3.05) is 0 Å². The lowest BCUT2D eigenvalue weighted by atomic mass is 9.77. The number of carbonyl (C=O) groups excluding carboxylic acids is 1. The number of nitrogens with zero attached hydrogens (tertiary/aromatic N) is 2. The maximum atomic E-state index is 13.5. The maximum Gasteiger partial charge on any atom is 0.274 e. The Morgan fingerprint density at radius 2 is 2.14 bits per heavy atom. The van der Waals surface area contributed by atoms with E-state index in [1.165, 1.54) is 22.8 Å². The molecule has 0 saturated heterocycles. The first-order chi connectivity index (χ1) is 13.4. The van der Waals surface area contributed by atoms with E-state index in [0.717, 1.165) is 0 Å². The Morgan fingerprint density at radius 1 is 1.39 bits per heavy atom. The molecule has 0 aliphatic heterocycles. The lowest BCUT2D eigenvalue weighted by Crippen LogP contribution is -2.42. The van der Waals surface area contributed by atoms with Gasteiger partial charge >= 0.3 is 0 Å². The summed E-state index contributed by atoms with van der Waals surface area (Å²) in [5, 5.41) is 18.1. The third-order valence-corrected chi connectivity index (χ3v) is 5.47. The van der Waals surface area contributed by atoms with Crippen molar-refractivity contribution in [3.63, 3.8) is 0 Å². The number of hydrogen-bond donors (Lipinski definition) is 3. The number of halogens is 1. The van der Waals surface area contributed by atoms with Crippen LogP contribution in [0.15, 0.2) is 41.5 Å². The van der Waals surface area contributed by atoms with Gasteiger partial charge in [-0.2, -0.15) is 5.10 Å². The fraction of sp³-hybridized carbons (Fsp3) is 0.350. The molecule has 4 rings (SSSR count). The molecule has 146 valence electrons. The fourth-order valence-corrected chi connectivity index (χ4v) is 3.96. The van der Waals surface area contributed by atoms with Gasteiger partial charge in [-0.1, -0.05) is 12.1 Å². The second-order valence-electron chi connectivity index (χ2n) is 7.33. The predicted molar refractivity (Wildman–Crippen MR) is 101 cm³/mol. The molecule has 1 aromatic carbocycles. The Kier molecular flexibility index (Phi) is 4.50. The number of carbonyl (C=O) groups is 1. The summed E-state index contributed by atoms with van der Waals surface area (Å²) in [5.74, 6) is -0.736. The number of hydrogen-bond acceptors (Lipinski definition) is 4. The van der Waals surface area contributed by atoms with E-state index in [0.29, 0.717) is 36.9 Å². The van der Waals surface area contributed by atoms with Gasteiger partial charge in [-0.05, 0) is 50.3 Å². The van der Waals surface area contributed by atoms with Crippen LogP contribution in [-0.4, -0.2) is 31.7 Å². The standard InChI is InChI=1S/C20H21FN4O3/c1-12-16(17-19(27)22-9-10-25(17)24-12)18(26)23-15-5-7-20(28,8-6-15)13-3-2-4-14(21)11-13/h2-4,9-11,15,28H,5-8H2,1H3,(H,22,27)(H,23,26). The van der Waals surface area contributed by atoms with Crippen molar-refractivity contribution in [1.29, 1.82) is 0 Å². The number of benzene rings is 1. The number of aromatic nitrogens is 3. The van der Waals surface area contributed by atoms with Crippen molar-refractivity contribution in [1.82, 2.24) is 19.9 Å². The quantitative estimate of drug-likeness (QED) is 0.643. The van der Waals surface area contributed by atoms with Gasteiger partial charge in [0.05, 0.1) is 16.9 Å². The Morgan fingerprint density at radius 3 is 2.86 bits per heavy atom. The molecule has 0 unspecified atom stereocenters. The highest BCUT2D eigenvalue weighted by atomic mass is 19.1. The van der Waals surface area contributed by atoms with Crippen LogP contribution in [0.1, 0.15) is 47.3 Å². The molecule has 28 heavy (non-hydrogen) atoms. The number of amides is 1. The van der Waals surface area contributed by atoms with Gasteiger partial charge in [0.25, 0.3) is 11.5 Å². The highest BCUT2D eigenvalue weighted by Gasteiger charge is 2.36. The van der Waals surface area contributed by atoms with Crippen molar-refractivity contribution in [3.05, 3.63) is 69.7 Å². The smallest absolute Gasteiger partial charge is 0.274 e. The van der Waals surface area contributed by atoms with E-state index in [9.17, 15) is 19.1 Å². The number of rotatable bonds is 3. The molecule has 1 saturated carbocycles. The van der Waals surface area contributed by atoms with E-state index >= 15 is 0 Å². The van der Waals surface area contributed by atoms with Crippen LogP contribution in [0, 0.1) is 12.7 Å². The number of aryl methyl sites for hydroxylation is 1. The van der Waals surface area contributed by atoms with Gasteiger partial charge in [-0.15, -0.1) is 0 Å². The zero-order chi connectivity index (χ0) is 19.9. The van der Waals surface area contributed by atoms with Crippen molar-refractivity contribution in [2.24, 2.45) is 0 Å². The zero-order valence-corrected chi connectivity index (χ0v) is 15.4.